The van der Waals surface area contributed by atoms with Gasteiger partial charge in [-0.15, -0.1) is 0 Å². The summed E-state index contributed by atoms with van der Waals surface area (Å²) in [6.07, 6.45) is 3.99. The van der Waals surface area contributed by atoms with Crippen LogP contribution in [0.4, 0.5) is 0 Å². The first-order chi connectivity index (χ1) is 14.2. The number of hydrogen-bond donors (Lipinski definition) is 2. The third-order valence-corrected chi connectivity index (χ3v) is 5.40. The standard InChI is InChI=1S/C21H20N6O2/c28-20(14-2-4-16-18(10-14)24-12-22-16)26-6-1-7-27(9-8-26)21(29)15-3-5-17-19(11-15)25-13-23-17/h2-5,10-13H,1,6-9H2,(H,22,24)(H,23,25). The summed E-state index contributed by atoms with van der Waals surface area (Å²) in [7, 11) is 0. The van der Waals surface area contributed by atoms with E-state index < -0.39 is 0 Å². The van der Waals surface area contributed by atoms with E-state index in [0.29, 0.717) is 37.3 Å². The minimum absolute atomic E-state index is 0.0188. The van der Waals surface area contributed by atoms with Crippen LogP contribution in [0.3, 0.4) is 0 Å². The van der Waals surface area contributed by atoms with Crippen molar-refractivity contribution in [2.75, 3.05) is 26.2 Å². The van der Waals surface area contributed by atoms with Gasteiger partial charge in [-0.25, -0.2) is 9.97 Å². The molecule has 2 aromatic carbocycles. The second-order valence-corrected chi connectivity index (χ2v) is 7.21. The number of aromatic amines is 2. The predicted octanol–water partition coefficient (Wildman–Crippen LogP) is 2.43. The smallest absolute Gasteiger partial charge is 0.253 e. The number of rotatable bonds is 2. The van der Waals surface area contributed by atoms with Crippen LogP contribution in [0.5, 0.6) is 0 Å². The molecular formula is C21H20N6O2. The molecule has 8 heteroatoms. The molecule has 1 saturated heterocycles. The predicted molar refractivity (Wildman–Crippen MR) is 109 cm³/mol. The van der Waals surface area contributed by atoms with E-state index in [1.165, 1.54) is 0 Å². The van der Waals surface area contributed by atoms with Gasteiger partial charge >= 0.3 is 0 Å². The first kappa shape index (κ1) is 17.4. The molecule has 2 amide bonds. The van der Waals surface area contributed by atoms with E-state index in [0.717, 1.165) is 28.5 Å². The summed E-state index contributed by atoms with van der Waals surface area (Å²) in [5.41, 5.74) is 4.62. The second kappa shape index (κ2) is 7.05. The maximum Gasteiger partial charge on any atom is 0.253 e. The van der Waals surface area contributed by atoms with Gasteiger partial charge in [0.15, 0.2) is 0 Å². The van der Waals surface area contributed by atoms with Crippen molar-refractivity contribution in [1.29, 1.82) is 0 Å². The first-order valence-electron chi connectivity index (χ1n) is 9.64. The van der Waals surface area contributed by atoms with E-state index in [2.05, 4.69) is 19.9 Å². The van der Waals surface area contributed by atoms with Crippen LogP contribution < -0.4 is 0 Å². The monoisotopic (exact) mass is 388 g/mol. The van der Waals surface area contributed by atoms with Gasteiger partial charge in [0.1, 0.15) is 0 Å². The molecule has 0 atom stereocenters. The Hall–Kier alpha value is -3.68. The molecule has 1 aliphatic rings. The molecule has 5 rings (SSSR count). The largest absolute Gasteiger partial charge is 0.345 e. The summed E-state index contributed by atoms with van der Waals surface area (Å²) in [5.74, 6) is -0.0376. The number of nitrogens with one attached hydrogen (secondary N) is 2. The topological polar surface area (TPSA) is 98.0 Å². The zero-order valence-electron chi connectivity index (χ0n) is 15.8. The Labute approximate surface area is 166 Å². The lowest BCUT2D eigenvalue weighted by atomic mass is 10.1. The number of imidazole rings is 2. The number of amides is 2. The fraction of sp³-hybridized carbons (Fsp3) is 0.238. The van der Waals surface area contributed by atoms with Crippen LogP contribution in [0.1, 0.15) is 27.1 Å². The van der Waals surface area contributed by atoms with Gasteiger partial charge in [0.2, 0.25) is 0 Å². The number of aromatic nitrogens is 4. The van der Waals surface area contributed by atoms with Crippen molar-refractivity contribution in [3.8, 4) is 0 Å². The zero-order chi connectivity index (χ0) is 19.8. The highest BCUT2D eigenvalue weighted by atomic mass is 16.2. The van der Waals surface area contributed by atoms with E-state index in [9.17, 15) is 9.59 Å². The molecule has 146 valence electrons. The molecule has 1 aliphatic heterocycles. The highest BCUT2D eigenvalue weighted by molar-refractivity contribution is 5.98. The van der Waals surface area contributed by atoms with Crippen molar-refractivity contribution in [3.63, 3.8) is 0 Å². The molecule has 1 fully saturated rings. The van der Waals surface area contributed by atoms with Crippen LogP contribution in [0, 0.1) is 0 Å². The minimum atomic E-state index is -0.0188. The molecule has 4 aromatic rings. The maximum atomic E-state index is 13.0. The van der Waals surface area contributed by atoms with Crippen LogP contribution in [-0.2, 0) is 0 Å². The van der Waals surface area contributed by atoms with Gasteiger partial charge in [-0.1, -0.05) is 0 Å². The van der Waals surface area contributed by atoms with Crippen molar-refractivity contribution < 1.29 is 9.59 Å². The molecule has 0 saturated carbocycles. The van der Waals surface area contributed by atoms with Gasteiger partial charge in [-0.3, -0.25) is 9.59 Å². The average Bonchev–Trinajstić information content (AvgIpc) is 3.35. The molecule has 3 heterocycles. The van der Waals surface area contributed by atoms with Gasteiger partial charge in [0, 0.05) is 37.3 Å². The summed E-state index contributed by atoms with van der Waals surface area (Å²) < 4.78 is 0. The SMILES string of the molecule is O=C(c1ccc2nc[nH]c2c1)N1CCCN(C(=O)c2ccc3nc[nH]c3c2)CC1. The van der Waals surface area contributed by atoms with Crippen LogP contribution >= 0.6 is 0 Å². The van der Waals surface area contributed by atoms with Crippen molar-refractivity contribution in [2.24, 2.45) is 0 Å². The van der Waals surface area contributed by atoms with Gasteiger partial charge in [-0.05, 0) is 42.8 Å². The quantitative estimate of drug-likeness (QED) is 0.551. The molecule has 0 spiro atoms. The van der Waals surface area contributed by atoms with E-state index in [4.69, 9.17) is 0 Å². The number of carbonyl (C=O) groups is 2. The Balaban J connectivity index is 1.30. The van der Waals surface area contributed by atoms with Crippen LogP contribution in [0.15, 0.2) is 49.1 Å². The van der Waals surface area contributed by atoms with Crippen molar-refractivity contribution in [1.82, 2.24) is 29.7 Å². The van der Waals surface area contributed by atoms with Crippen molar-refractivity contribution >= 4 is 33.9 Å². The van der Waals surface area contributed by atoms with Gasteiger partial charge < -0.3 is 19.8 Å². The van der Waals surface area contributed by atoms with Crippen molar-refractivity contribution in [2.45, 2.75) is 6.42 Å². The number of fused-ring (bicyclic) bond motifs is 2. The molecule has 29 heavy (non-hydrogen) atoms. The molecule has 8 nitrogen and oxygen atoms in total. The van der Waals surface area contributed by atoms with Crippen molar-refractivity contribution in [3.05, 3.63) is 60.2 Å². The summed E-state index contributed by atoms with van der Waals surface area (Å²) in [4.78, 5) is 44.0. The Morgan fingerprint density at radius 1 is 0.724 bits per heavy atom. The molecule has 2 N–H and O–H groups in total. The molecule has 2 aromatic heterocycles. The fourth-order valence-electron chi connectivity index (χ4n) is 3.83. The second-order valence-electron chi connectivity index (χ2n) is 7.21. The highest BCUT2D eigenvalue weighted by Crippen LogP contribution is 2.17. The lowest BCUT2D eigenvalue weighted by molar-refractivity contribution is 0.0719. The van der Waals surface area contributed by atoms with E-state index in [1.54, 1.807) is 24.8 Å². The third kappa shape index (κ3) is 3.22. The van der Waals surface area contributed by atoms with Crippen LogP contribution in [0.25, 0.3) is 22.1 Å². The Morgan fingerprint density at radius 3 is 1.69 bits per heavy atom. The van der Waals surface area contributed by atoms with E-state index >= 15 is 0 Å². The van der Waals surface area contributed by atoms with Crippen LogP contribution in [-0.4, -0.2) is 67.7 Å². The Bertz CT molecular complexity index is 1120. The normalized spacial score (nSPS) is 15.0. The number of hydrogen-bond acceptors (Lipinski definition) is 4. The highest BCUT2D eigenvalue weighted by Gasteiger charge is 2.24. The first-order valence-corrected chi connectivity index (χ1v) is 9.64. The maximum absolute atomic E-state index is 13.0. The third-order valence-electron chi connectivity index (χ3n) is 5.40. The number of carbonyl (C=O) groups excluding carboxylic acids is 2. The molecule has 0 unspecified atom stereocenters. The number of nitrogens with zero attached hydrogens (tertiary/aromatic N) is 4. The summed E-state index contributed by atoms with van der Waals surface area (Å²) >= 11 is 0. The van der Waals surface area contributed by atoms with Gasteiger partial charge in [0.05, 0.1) is 34.7 Å². The Kier molecular flexibility index (Phi) is 4.23. The summed E-state index contributed by atoms with van der Waals surface area (Å²) in [6, 6.07) is 11.0. The molecular weight excluding hydrogens is 368 g/mol. The molecule has 0 aliphatic carbocycles. The molecule has 0 bridgehead atoms. The van der Waals surface area contributed by atoms with Gasteiger partial charge in [-0.2, -0.15) is 0 Å². The van der Waals surface area contributed by atoms with E-state index in [-0.39, 0.29) is 11.8 Å². The Morgan fingerprint density at radius 2 is 1.21 bits per heavy atom. The molecule has 0 radical (unpaired) electrons. The zero-order valence-corrected chi connectivity index (χ0v) is 15.8. The van der Waals surface area contributed by atoms with Crippen LogP contribution in [0.2, 0.25) is 0 Å². The lowest BCUT2D eigenvalue weighted by Crippen LogP contribution is -2.37. The minimum Gasteiger partial charge on any atom is -0.345 e. The fourth-order valence-corrected chi connectivity index (χ4v) is 3.83. The lowest BCUT2D eigenvalue weighted by Gasteiger charge is -2.22. The summed E-state index contributed by atoms with van der Waals surface area (Å²) in [5, 5.41) is 0. The van der Waals surface area contributed by atoms with Gasteiger partial charge in [0.25, 0.3) is 11.8 Å². The van der Waals surface area contributed by atoms with E-state index in [1.807, 2.05) is 34.1 Å². The number of benzene rings is 2. The summed E-state index contributed by atoms with van der Waals surface area (Å²) in [6.45, 7) is 2.28. The average molecular weight is 388 g/mol. The number of H-pyrrole nitrogens is 2.